The van der Waals surface area contributed by atoms with Gasteiger partial charge in [-0.05, 0) is 97.2 Å². The molecule has 0 spiro atoms. The molecule has 9 rings (SSSR count). The molecule has 6 aromatic rings. The van der Waals surface area contributed by atoms with Gasteiger partial charge < -0.3 is 40.0 Å². The van der Waals surface area contributed by atoms with Crippen molar-refractivity contribution < 1.29 is 24.0 Å². The van der Waals surface area contributed by atoms with E-state index in [9.17, 15) is 0 Å². The predicted molar refractivity (Wildman–Crippen MR) is 288 cm³/mol. The van der Waals surface area contributed by atoms with Gasteiger partial charge in [0, 0.05) is 113 Å². The van der Waals surface area contributed by atoms with Crippen LogP contribution < -0.4 is 29.6 Å². The molecule has 2 N–H and O–H groups in total. The van der Waals surface area contributed by atoms with Gasteiger partial charge >= 0.3 is 18.6 Å². The van der Waals surface area contributed by atoms with Crippen LogP contribution in [0.25, 0.3) is 90.4 Å². The van der Waals surface area contributed by atoms with Crippen molar-refractivity contribution in [3.8, 4) is 68.3 Å². The van der Waals surface area contributed by atoms with E-state index in [-0.39, 0.29) is 45.7 Å². The maximum Gasteiger partial charge on any atom is 2.00 e. The fraction of sp³-hybridized carbons (Fsp3) is 0.429. The van der Waals surface area contributed by atoms with Crippen molar-refractivity contribution in [3.05, 3.63) is 70.8 Å². The summed E-state index contributed by atoms with van der Waals surface area (Å²) in [6.07, 6.45) is 0. The summed E-state index contributed by atoms with van der Waals surface area (Å²) in [6, 6.07) is 18.0. The molecule has 13 nitrogen and oxygen atoms in total. The SMILES string of the molecule is CN(C)c1cc(C(C)(C)C)cc2c1-c1nc3nc(nc4[n-]c([n-]c5nc(nc-2n1)-c1c-5cc(C(C)(C)C)cc1N(C)C)c1c(N(C)C)cc(C(C)(C)C)cc41)-c1c-3cc(C(C)(C)C)cc1N(C)C.O.[V+2]. The van der Waals surface area contributed by atoms with E-state index in [1.54, 1.807) is 0 Å². The number of rotatable bonds is 4. The van der Waals surface area contributed by atoms with Gasteiger partial charge in [0.05, 0.1) is 11.1 Å². The van der Waals surface area contributed by atoms with E-state index < -0.39 is 0 Å². The second kappa shape index (κ2) is 17.4. The average molecular weight is 978 g/mol. The molecule has 1 radical (unpaired) electrons. The first-order chi connectivity index (χ1) is 31.5. The molecule has 8 bridgehead atoms. The minimum absolute atomic E-state index is 0. The average Bonchev–Trinajstić information content (AvgIpc) is 3.96. The van der Waals surface area contributed by atoms with Gasteiger partial charge in [-0.1, -0.05) is 89.2 Å². The number of benzene rings is 4. The van der Waals surface area contributed by atoms with Crippen LogP contribution >= 0.6 is 0 Å². The Morgan fingerprint density at radius 2 is 0.700 bits per heavy atom. The fourth-order valence-electron chi connectivity index (χ4n) is 9.23. The Morgan fingerprint density at radius 3 is 1.09 bits per heavy atom. The zero-order valence-corrected chi connectivity index (χ0v) is 46.3. The van der Waals surface area contributed by atoms with Crippen molar-refractivity contribution >= 4 is 44.8 Å². The molecule has 365 valence electrons. The molecule has 70 heavy (non-hydrogen) atoms. The topological polar surface area (TPSA) is 150 Å². The molecule has 3 aliphatic heterocycles. The van der Waals surface area contributed by atoms with Gasteiger partial charge in [-0.25, -0.2) is 24.9 Å². The monoisotopic (exact) mass is 978 g/mol. The van der Waals surface area contributed by atoms with Crippen molar-refractivity contribution in [1.29, 1.82) is 0 Å². The second-order valence-corrected chi connectivity index (χ2v) is 23.7. The number of nitrogens with zero attached hydrogens (tertiary/aromatic N) is 12. The zero-order valence-electron chi connectivity index (χ0n) is 44.9. The Kier molecular flexibility index (Phi) is 12.9. The largest absolute Gasteiger partial charge is 2.00 e. The van der Waals surface area contributed by atoms with Gasteiger partial charge in [0.15, 0.2) is 23.3 Å². The molecule has 0 unspecified atom stereocenters. The summed E-state index contributed by atoms with van der Waals surface area (Å²) in [4.78, 5) is 52.3. The predicted octanol–water partition coefficient (Wildman–Crippen LogP) is 10.7. The van der Waals surface area contributed by atoms with Crippen LogP contribution in [0.1, 0.15) is 105 Å². The van der Waals surface area contributed by atoms with Gasteiger partial charge in [-0.3, -0.25) is 0 Å². The first kappa shape index (κ1) is 51.8. The van der Waals surface area contributed by atoms with Crippen molar-refractivity contribution in [2.24, 2.45) is 0 Å². The smallest absolute Gasteiger partial charge is 0.523 e. The summed E-state index contributed by atoms with van der Waals surface area (Å²) in [5.41, 5.74) is 14.3. The molecule has 0 fully saturated rings. The number of fused-ring (bicyclic) bond motifs is 20. The Labute approximate surface area is 426 Å². The van der Waals surface area contributed by atoms with E-state index in [0.29, 0.717) is 46.2 Å². The number of anilines is 4. The molecular formula is C56H70N12OV. The minimum Gasteiger partial charge on any atom is -0.523 e. The third-order valence-corrected chi connectivity index (χ3v) is 13.4. The van der Waals surface area contributed by atoms with E-state index in [1.165, 1.54) is 0 Å². The van der Waals surface area contributed by atoms with Crippen molar-refractivity contribution in [1.82, 2.24) is 39.9 Å². The number of aromatic nitrogens is 8. The summed E-state index contributed by atoms with van der Waals surface area (Å²) in [7, 11) is 16.6. The third kappa shape index (κ3) is 8.79. The van der Waals surface area contributed by atoms with Crippen LogP contribution in [-0.2, 0) is 40.2 Å². The first-order valence-electron chi connectivity index (χ1n) is 23.7. The van der Waals surface area contributed by atoms with Crippen LogP contribution in [0.4, 0.5) is 22.7 Å². The first-order valence-corrected chi connectivity index (χ1v) is 23.7. The standard InChI is InChI=1S/C56H68N12.H2O.V/c1-53(2,3)29-21-33-41(37(25-29)65(13)14)49-57-45(33)61-50-42-34(22-30(54(4,5)6)26-38(42)66(15)16)47(58-50)63-52-44-36(24-32(56(10,11)12)28-40(44)68(19)20)48(60-52)64-51-43-35(46(59-51)62-49)23-31(55(7,8)9)27-39(43)67(17)18;;/h21-28H,1-20H3;1H2;/q-2;;+2. The zero-order chi connectivity index (χ0) is 49.5. The van der Waals surface area contributed by atoms with Crippen LogP contribution in [0.2, 0.25) is 0 Å². The Balaban J connectivity index is 0.00000361. The Morgan fingerprint density at radius 1 is 0.371 bits per heavy atom. The fourth-order valence-corrected chi connectivity index (χ4v) is 9.23. The van der Waals surface area contributed by atoms with Crippen molar-refractivity contribution in [2.45, 2.75) is 105 Å². The van der Waals surface area contributed by atoms with Crippen LogP contribution in [0.5, 0.6) is 0 Å². The van der Waals surface area contributed by atoms with Crippen molar-refractivity contribution in [2.75, 3.05) is 76.0 Å². The molecule has 0 atom stereocenters. The maximum atomic E-state index is 5.52. The molecule has 3 aliphatic rings. The minimum atomic E-state index is -0.169. The maximum absolute atomic E-state index is 5.52. The van der Waals surface area contributed by atoms with Gasteiger partial charge in [0.2, 0.25) is 0 Å². The molecule has 5 heterocycles. The van der Waals surface area contributed by atoms with Crippen LogP contribution in [0, 0.1) is 0 Å². The molecule has 4 aromatic carbocycles. The summed E-state index contributed by atoms with van der Waals surface area (Å²) in [6.45, 7) is 26.9. The van der Waals surface area contributed by atoms with E-state index >= 15 is 0 Å². The van der Waals surface area contributed by atoms with E-state index in [2.05, 4.69) is 208 Å². The summed E-state index contributed by atoms with van der Waals surface area (Å²) in [5, 5.41) is 1.78. The molecule has 0 amide bonds. The van der Waals surface area contributed by atoms with Gasteiger partial charge in [-0.2, -0.15) is 0 Å². The van der Waals surface area contributed by atoms with Gasteiger partial charge in [0.1, 0.15) is 0 Å². The molecule has 0 saturated heterocycles. The van der Waals surface area contributed by atoms with Crippen LogP contribution in [-0.4, -0.2) is 91.8 Å². The second-order valence-electron chi connectivity index (χ2n) is 23.7. The van der Waals surface area contributed by atoms with Gasteiger partial charge in [0.25, 0.3) is 0 Å². The summed E-state index contributed by atoms with van der Waals surface area (Å²) < 4.78 is 0. The van der Waals surface area contributed by atoms with Crippen LogP contribution in [0.15, 0.2) is 48.5 Å². The van der Waals surface area contributed by atoms with E-state index in [1.807, 2.05) is 0 Å². The molecular weight excluding hydrogens is 908 g/mol. The molecule has 2 aromatic heterocycles. The van der Waals surface area contributed by atoms with E-state index in [4.69, 9.17) is 39.9 Å². The Hall–Kier alpha value is -6.02. The summed E-state index contributed by atoms with van der Waals surface area (Å²) in [5.74, 6) is 3.18. The quantitative estimate of drug-likeness (QED) is 0.165. The number of hydrogen-bond donors (Lipinski definition) is 0. The third-order valence-electron chi connectivity index (χ3n) is 13.4. The molecule has 14 heteroatoms. The van der Waals surface area contributed by atoms with Crippen LogP contribution in [0.3, 0.4) is 0 Å². The van der Waals surface area contributed by atoms with Gasteiger partial charge in [-0.15, -0.1) is 11.3 Å². The number of hydrogen-bond acceptors (Lipinski definition) is 10. The van der Waals surface area contributed by atoms with E-state index in [0.717, 1.165) is 89.2 Å². The normalized spacial score (nSPS) is 12.6. The molecule has 0 saturated carbocycles. The summed E-state index contributed by atoms with van der Waals surface area (Å²) >= 11 is 0. The van der Waals surface area contributed by atoms with Crippen molar-refractivity contribution in [3.63, 3.8) is 0 Å². The molecule has 0 aliphatic carbocycles. The Bertz CT molecular complexity index is 3290.